The third-order valence-electron chi connectivity index (χ3n) is 2.90. The van der Waals surface area contributed by atoms with Crippen LogP contribution in [0.5, 0.6) is 0 Å². The lowest BCUT2D eigenvalue weighted by Crippen LogP contribution is -2.45. The van der Waals surface area contributed by atoms with Crippen molar-refractivity contribution in [1.29, 1.82) is 0 Å². The van der Waals surface area contributed by atoms with E-state index < -0.39 is 0 Å². The van der Waals surface area contributed by atoms with Crippen LogP contribution in [0.25, 0.3) is 0 Å². The van der Waals surface area contributed by atoms with E-state index in [1.165, 1.54) is 12.8 Å². The Kier molecular flexibility index (Phi) is 5.47. The number of nitrogens with zero attached hydrogens (tertiary/aromatic N) is 1. The third kappa shape index (κ3) is 4.03. The molecule has 0 bridgehead atoms. The predicted molar refractivity (Wildman–Crippen MR) is 66.3 cm³/mol. The van der Waals surface area contributed by atoms with Crippen LogP contribution in [0.1, 0.15) is 26.7 Å². The molecule has 1 rings (SSSR count). The Labute approximate surface area is 97.0 Å². The highest BCUT2D eigenvalue weighted by atomic mass is 32.2. The van der Waals surface area contributed by atoms with Gasteiger partial charge in [0.1, 0.15) is 0 Å². The van der Waals surface area contributed by atoms with Crippen LogP contribution >= 0.6 is 11.8 Å². The molecule has 0 saturated carbocycles. The first-order valence-electron chi connectivity index (χ1n) is 5.70. The Morgan fingerprint density at radius 3 is 2.53 bits per heavy atom. The number of hydrogen-bond donors (Lipinski definition) is 1. The second kappa shape index (κ2) is 6.38. The zero-order chi connectivity index (χ0) is 11.3. The molecule has 2 unspecified atom stereocenters. The number of likely N-dealkylation sites (tertiary alicyclic amines) is 1. The van der Waals surface area contributed by atoms with Gasteiger partial charge in [-0.3, -0.25) is 4.79 Å². The number of nitrogens with one attached hydrogen (secondary N) is 1. The van der Waals surface area contributed by atoms with Crippen molar-refractivity contribution in [2.24, 2.45) is 0 Å². The first kappa shape index (κ1) is 12.8. The maximum Gasteiger partial charge on any atom is 0.239 e. The molecule has 88 valence electrons. The van der Waals surface area contributed by atoms with Crippen LogP contribution in [-0.4, -0.2) is 48.0 Å². The van der Waals surface area contributed by atoms with Gasteiger partial charge in [-0.15, -0.1) is 0 Å². The molecule has 0 aromatic carbocycles. The fraction of sp³-hybridized carbons (Fsp3) is 0.909. The zero-order valence-electron chi connectivity index (χ0n) is 9.95. The summed E-state index contributed by atoms with van der Waals surface area (Å²) in [6.45, 7) is 6.94. The van der Waals surface area contributed by atoms with Crippen molar-refractivity contribution in [3.05, 3.63) is 0 Å². The smallest absolute Gasteiger partial charge is 0.239 e. The Balaban J connectivity index is 2.26. The van der Waals surface area contributed by atoms with Crippen LogP contribution < -0.4 is 5.32 Å². The predicted octanol–water partition coefficient (Wildman–Crippen LogP) is 1.34. The summed E-state index contributed by atoms with van der Waals surface area (Å²) in [5, 5.41) is 3.87. The minimum Gasteiger partial charge on any atom is -0.341 e. The largest absolute Gasteiger partial charge is 0.341 e. The van der Waals surface area contributed by atoms with Crippen molar-refractivity contribution in [3.63, 3.8) is 0 Å². The van der Waals surface area contributed by atoms with Gasteiger partial charge in [0, 0.05) is 24.9 Å². The molecule has 1 aliphatic rings. The SMILES string of the molecule is CSC(C)CNC(C)C(=O)N1CCCC1. The van der Waals surface area contributed by atoms with Crippen LogP contribution in [0.3, 0.4) is 0 Å². The number of thioether (sulfide) groups is 1. The monoisotopic (exact) mass is 230 g/mol. The highest BCUT2D eigenvalue weighted by Gasteiger charge is 2.22. The summed E-state index contributed by atoms with van der Waals surface area (Å²) in [5.74, 6) is 0.265. The fourth-order valence-electron chi connectivity index (χ4n) is 1.72. The molecule has 0 radical (unpaired) electrons. The van der Waals surface area contributed by atoms with Gasteiger partial charge in [-0.05, 0) is 26.0 Å². The topological polar surface area (TPSA) is 32.3 Å². The van der Waals surface area contributed by atoms with Gasteiger partial charge in [-0.25, -0.2) is 0 Å². The lowest BCUT2D eigenvalue weighted by atomic mass is 10.3. The van der Waals surface area contributed by atoms with Crippen LogP contribution in [0.15, 0.2) is 0 Å². The van der Waals surface area contributed by atoms with Gasteiger partial charge in [0.05, 0.1) is 6.04 Å². The number of amides is 1. The molecule has 0 aliphatic carbocycles. The maximum absolute atomic E-state index is 11.9. The van der Waals surface area contributed by atoms with Gasteiger partial charge in [0.2, 0.25) is 5.91 Å². The minimum absolute atomic E-state index is 0.0299. The van der Waals surface area contributed by atoms with Crippen molar-refractivity contribution in [3.8, 4) is 0 Å². The molecular formula is C11H22N2OS. The first-order chi connectivity index (χ1) is 7.15. The van der Waals surface area contributed by atoms with Gasteiger partial charge in [0.15, 0.2) is 0 Å². The van der Waals surface area contributed by atoms with Crippen LogP contribution in [-0.2, 0) is 4.79 Å². The first-order valence-corrected chi connectivity index (χ1v) is 6.99. The van der Waals surface area contributed by atoms with E-state index in [0.29, 0.717) is 5.25 Å². The van der Waals surface area contributed by atoms with E-state index in [1.807, 2.05) is 23.6 Å². The van der Waals surface area contributed by atoms with E-state index in [-0.39, 0.29) is 11.9 Å². The number of hydrogen-bond acceptors (Lipinski definition) is 3. The third-order valence-corrected chi connectivity index (χ3v) is 3.87. The van der Waals surface area contributed by atoms with Crippen molar-refractivity contribution >= 4 is 17.7 Å². The highest BCUT2D eigenvalue weighted by Crippen LogP contribution is 2.09. The second-order valence-electron chi connectivity index (χ2n) is 4.21. The van der Waals surface area contributed by atoms with Crippen LogP contribution in [0.4, 0.5) is 0 Å². The number of carbonyl (C=O) groups excluding carboxylic acids is 1. The molecule has 1 amide bonds. The maximum atomic E-state index is 11.9. The van der Waals surface area contributed by atoms with Gasteiger partial charge in [-0.2, -0.15) is 11.8 Å². The summed E-state index contributed by atoms with van der Waals surface area (Å²) in [5.41, 5.74) is 0. The standard InChI is InChI=1S/C11H22N2OS/c1-9(15-3)8-12-10(2)11(14)13-6-4-5-7-13/h9-10,12H,4-8H2,1-3H3. The lowest BCUT2D eigenvalue weighted by molar-refractivity contribution is -0.131. The summed E-state index contributed by atoms with van der Waals surface area (Å²) in [4.78, 5) is 13.9. The van der Waals surface area contributed by atoms with Crippen molar-refractivity contribution in [1.82, 2.24) is 10.2 Å². The average Bonchev–Trinajstić information content (AvgIpc) is 2.77. The molecule has 0 aromatic rings. The normalized spacial score (nSPS) is 20.3. The molecule has 0 spiro atoms. The van der Waals surface area contributed by atoms with E-state index in [9.17, 15) is 4.79 Å². The molecule has 0 aromatic heterocycles. The van der Waals surface area contributed by atoms with Gasteiger partial charge in [-0.1, -0.05) is 6.92 Å². The van der Waals surface area contributed by atoms with E-state index in [1.54, 1.807) is 0 Å². The van der Waals surface area contributed by atoms with Gasteiger partial charge < -0.3 is 10.2 Å². The molecule has 15 heavy (non-hydrogen) atoms. The van der Waals surface area contributed by atoms with Gasteiger partial charge >= 0.3 is 0 Å². The lowest BCUT2D eigenvalue weighted by Gasteiger charge is -2.22. The molecule has 4 heteroatoms. The molecular weight excluding hydrogens is 208 g/mol. The van der Waals surface area contributed by atoms with Crippen molar-refractivity contribution < 1.29 is 4.79 Å². The Bertz CT molecular complexity index is 205. The minimum atomic E-state index is -0.0299. The van der Waals surface area contributed by atoms with Crippen LogP contribution in [0.2, 0.25) is 0 Å². The summed E-state index contributed by atoms with van der Waals surface area (Å²) >= 11 is 1.82. The summed E-state index contributed by atoms with van der Waals surface area (Å²) < 4.78 is 0. The van der Waals surface area contributed by atoms with Gasteiger partial charge in [0.25, 0.3) is 0 Å². The molecule has 3 nitrogen and oxygen atoms in total. The summed E-state index contributed by atoms with van der Waals surface area (Å²) in [7, 11) is 0. The Morgan fingerprint density at radius 2 is 2.00 bits per heavy atom. The Morgan fingerprint density at radius 1 is 1.40 bits per heavy atom. The van der Waals surface area contributed by atoms with E-state index in [0.717, 1.165) is 19.6 Å². The van der Waals surface area contributed by atoms with Crippen molar-refractivity contribution in [2.75, 3.05) is 25.9 Å². The summed E-state index contributed by atoms with van der Waals surface area (Å²) in [6.07, 6.45) is 4.43. The quantitative estimate of drug-likeness (QED) is 0.773. The van der Waals surface area contributed by atoms with Crippen molar-refractivity contribution in [2.45, 2.75) is 38.0 Å². The van der Waals surface area contributed by atoms with E-state index in [4.69, 9.17) is 0 Å². The zero-order valence-corrected chi connectivity index (χ0v) is 10.8. The number of carbonyl (C=O) groups is 1. The molecule has 1 fully saturated rings. The van der Waals surface area contributed by atoms with E-state index >= 15 is 0 Å². The Hall–Kier alpha value is -0.220. The molecule has 1 saturated heterocycles. The average molecular weight is 230 g/mol. The molecule has 2 atom stereocenters. The molecule has 1 aliphatic heterocycles. The summed E-state index contributed by atoms with van der Waals surface area (Å²) in [6, 6.07) is -0.0299. The molecule has 1 N–H and O–H groups in total. The number of rotatable bonds is 5. The van der Waals surface area contributed by atoms with E-state index in [2.05, 4.69) is 18.5 Å². The van der Waals surface area contributed by atoms with Crippen LogP contribution in [0, 0.1) is 0 Å². The fourth-order valence-corrected chi connectivity index (χ4v) is 1.99. The molecule has 1 heterocycles. The second-order valence-corrected chi connectivity index (χ2v) is 5.48. The highest BCUT2D eigenvalue weighted by molar-refractivity contribution is 7.99.